The van der Waals surface area contributed by atoms with Gasteiger partial charge in [0.1, 0.15) is 0 Å². The molecule has 19 heavy (non-hydrogen) atoms. The minimum atomic E-state index is -1.08. The number of aliphatic carboxylic acids is 1. The van der Waals surface area contributed by atoms with E-state index in [2.05, 4.69) is 15.7 Å². The predicted molar refractivity (Wildman–Crippen MR) is 65.2 cm³/mol. The minimum Gasteiger partial charge on any atom is -0.481 e. The van der Waals surface area contributed by atoms with Gasteiger partial charge in [0.2, 0.25) is 5.91 Å². The van der Waals surface area contributed by atoms with Gasteiger partial charge in [0.25, 0.3) is 0 Å². The van der Waals surface area contributed by atoms with Gasteiger partial charge in [-0.1, -0.05) is 0 Å². The molecule has 0 unspecified atom stereocenters. The van der Waals surface area contributed by atoms with Crippen molar-refractivity contribution in [1.29, 1.82) is 0 Å². The molecule has 1 heterocycles. The molecular weight excluding hydrogens is 252 g/mol. The van der Waals surface area contributed by atoms with Crippen molar-refractivity contribution in [3.05, 3.63) is 17.5 Å². The molecule has 0 saturated heterocycles. The fourth-order valence-electron chi connectivity index (χ4n) is 1.45. The molecule has 8 heteroatoms. The van der Waals surface area contributed by atoms with Crippen LogP contribution in [0, 0.1) is 6.92 Å². The first kappa shape index (κ1) is 14.7. The molecule has 0 aliphatic heterocycles. The van der Waals surface area contributed by atoms with E-state index in [4.69, 9.17) is 5.11 Å². The summed E-state index contributed by atoms with van der Waals surface area (Å²) in [5, 5.41) is 17.1. The highest BCUT2D eigenvalue weighted by Gasteiger charge is 2.10. The van der Waals surface area contributed by atoms with Crippen molar-refractivity contribution in [2.45, 2.75) is 26.3 Å². The molecule has 3 amide bonds. The van der Waals surface area contributed by atoms with Gasteiger partial charge in [0.05, 0.1) is 12.1 Å². The molecule has 0 aromatic carbocycles. The predicted octanol–water partition coefficient (Wildman–Crippen LogP) is -0.0809. The van der Waals surface area contributed by atoms with E-state index in [1.165, 1.54) is 0 Å². The molecule has 0 bridgehead atoms. The molecule has 0 aliphatic carbocycles. The number of carboxylic acid groups (broad SMARTS) is 1. The van der Waals surface area contributed by atoms with Gasteiger partial charge in [-0.25, -0.2) is 4.79 Å². The van der Waals surface area contributed by atoms with E-state index < -0.39 is 17.9 Å². The first-order valence-electron chi connectivity index (χ1n) is 5.67. The number of amides is 3. The number of carbonyl (C=O) groups excluding carboxylic acids is 2. The summed E-state index contributed by atoms with van der Waals surface area (Å²) in [5.74, 6) is -1.70. The van der Waals surface area contributed by atoms with E-state index in [-0.39, 0.29) is 19.4 Å². The third-order valence-corrected chi connectivity index (χ3v) is 2.37. The molecule has 1 aromatic rings. The van der Waals surface area contributed by atoms with Crippen LogP contribution in [0.2, 0.25) is 0 Å². The Balaban J connectivity index is 2.33. The Morgan fingerprint density at radius 1 is 1.37 bits per heavy atom. The van der Waals surface area contributed by atoms with Gasteiger partial charge in [-0.15, -0.1) is 0 Å². The van der Waals surface area contributed by atoms with Crippen molar-refractivity contribution in [3.63, 3.8) is 0 Å². The summed E-state index contributed by atoms with van der Waals surface area (Å²) in [6.45, 7) is 2.06. The summed E-state index contributed by atoms with van der Waals surface area (Å²) in [4.78, 5) is 32.8. The smallest absolute Gasteiger partial charge is 0.321 e. The molecule has 0 fully saturated rings. The summed E-state index contributed by atoms with van der Waals surface area (Å²) in [5.41, 5.74) is 1.63. The molecular formula is C11H16N4O4. The molecule has 8 nitrogen and oxygen atoms in total. The van der Waals surface area contributed by atoms with Crippen LogP contribution in [0.3, 0.4) is 0 Å². The molecule has 1 aromatic heterocycles. The largest absolute Gasteiger partial charge is 0.481 e. The summed E-state index contributed by atoms with van der Waals surface area (Å²) in [6.07, 6.45) is 1.23. The van der Waals surface area contributed by atoms with Crippen LogP contribution in [0.25, 0.3) is 0 Å². The zero-order valence-electron chi connectivity index (χ0n) is 10.8. The number of aryl methyl sites for hydroxylation is 2. The lowest BCUT2D eigenvalue weighted by Gasteiger charge is -2.05. The third-order valence-electron chi connectivity index (χ3n) is 2.37. The van der Waals surface area contributed by atoms with Crippen LogP contribution in [0.5, 0.6) is 0 Å². The van der Waals surface area contributed by atoms with Crippen molar-refractivity contribution in [2.75, 3.05) is 0 Å². The number of imide groups is 1. The monoisotopic (exact) mass is 268 g/mol. The molecule has 1 rings (SSSR count). The molecule has 0 radical (unpaired) electrons. The van der Waals surface area contributed by atoms with Crippen LogP contribution in [-0.2, 0) is 23.2 Å². The van der Waals surface area contributed by atoms with E-state index in [0.717, 1.165) is 11.3 Å². The normalized spacial score (nSPS) is 10.0. The SMILES string of the molecule is Cc1nn(C)cc1CNC(=O)NC(=O)CCC(=O)O. The Kier molecular flexibility index (Phi) is 5.04. The molecule has 0 aliphatic rings. The average molecular weight is 268 g/mol. The topological polar surface area (TPSA) is 113 Å². The van der Waals surface area contributed by atoms with Crippen molar-refractivity contribution < 1.29 is 19.5 Å². The Bertz CT molecular complexity index is 495. The zero-order valence-corrected chi connectivity index (χ0v) is 10.8. The maximum Gasteiger partial charge on any atom is 0.321 e. The lowest BCUT2D eigenvalue weighted by atomic mass is 10.2. The molecule has 104 valence electrons. The molecule has 3 N–H and O–H groups in total. The highest BCUT2D eigenvalue weighted by molar-refractivity contribution is 5.95. The second-order valence-corrected chi connectivity index (χ2v) is 4.04. The number of hydrogen-bond donors (Lipinski definition) is 3. The van der Waals surface area contributed by atoms with Crippen molar-refractivity contribution >= 4 is 17.9 Å². The van der Waals surface area contributed by atoms with Gasteiger partial charge >= 0.3 is 12.0 Å². The van der Waals surface area contributed by atoms with E-state index in [9.17, 15) is 14.4 Å². The van der Waals surface area contributed by atoms with Gasteiger partial charge in [0.15, 0.2) is 0 Å². The molecule has 0 saturated carbocycles. The number of nitrogens with zero attached hydrogens (tertiary/aromatic N) is 2. The second-order valence-electron chi connectivity index (χ2n) is 4.04. The Morgan fingerprint density at radius 2 is 2.05 bits per heavy atom. The van der Waals surface area contributed by atoms with Crippen LogP contribution >= 0.6 is 0 Å². The van der Waals surface area contributed by atoms with Gasteiger partial charge in [-0.2, -0.15) is 5.10 Å². The first-order chi connectivity index (χ1) is 8.88. The van der Waals surface area contributed by atoms with Gasteiger partial charge in [-0.3, -0.25) is 19.6 Å². The van der Waals surface area contributed by atoms with Gasteiger partial charge < -0.3 is 10.4 Å². The van der Waals surface area contributed by atoms with Gasteiger partial charge in [0, 0.05) is 31.8 Å². The van der Waals surface area contributed by atoms with Crippen LogP contribution in [0.1, 0.15) is 24.1 Å². The van der Waals surface area contributed by atoms with Gasteiger partial charge in [-0.05, 0) is 6.92 Å². The number of hydrogen-bond acceptors (Lipinski definition) is 4. The highest BCUT2D eigenvalue weighted by atomic mass is 16.4. The maximum absolute atomic E-state index is 11.4. The fourth-order valence-corrected chi connectivity index (χ4v) is 1.45. The summed E-state index contributed by atoms with van der Waals surface area (Å²) in [7, 11) is 1.77. The van der Waals surface area contributed by atoms with Crippen LogP contribution in [-0.4, -0.2) is 32.8 Å². The standard InChI is InChI=1S/C11H16N4O4/c1-7-8(6-15(2)14-7)5-12-11(19)13-9(16)3-4-10(17)18/h6H,3-5H2,1-2H3,(H,17,18)(H2,12,13,16,19). The zero-order chi connectivity index (χ0) is 14.4. The lowest BCUT2D eigenvalue weighted by molar-refractivity contribution is -0.138. The Labute approximate surface area is 109 Å². The number of urea groups is 1. The van der Waals surface area contributed by atoms with Crippen molar-refractivity contribution in [3.8, 4) is 0 Å². The number of nitrogens with one attached hydrogen (secondary N) is 2. The second kappa shape index (κ2) is 6.53. The van der Waals surface area contributed by atoms with E-state index in [1.54, 1.807) is 17.9 Å². The maximum atomic E-state index is 11.4. The third kappa shape index (κ3) is 5.19. The summed E-state index contributed by atoms with van der Waals surface area (Å²) in [6, 6.07) is -0.654. The quantitative estimate of drug-likeness (QED) is 0.691. The number of carboxylic acids is 1. The van der Waals surface area contributed by atoms with Crippen molar-refractivity contribution in [2.24, 2.45) is 7.05 Å². The van der Waals surface area contributed by atoms with E-state index in [0.29, 0.717) is 0 Å². The summed E-state index contributed by atoms with van der Waals surface area (Å²) < 4.78 is 1.63. The summed E-state index contributed by atoms with van der Waals surface area (Å²) >= 11 is 0. The van der Waals surface area contributed by atoms with E-state index >= 15 is 0 Å². The highest BCUT2D eigenvalue weighted by Crippen LogP contribution is 2.03. The average Bonchev–Trinajstić information content (AvgIpc) is 2.62. The lowest BCUT2D eigenvalue weighted by Crippen LogP contribution is -2.39. The number of aromatic nitrogens is 2. The number of rotatable bonds is 5. The van der Waals surface area contributed by atoms with Crippen LogP contribution in [0.4, 0.5) is 4.79 Å². The molecule has 0 atom stereocenters. The van der Waals surface area contributed by atoms with Crippen LogP contribution in [0.15, 0.2) is 6.20 Å². The number of carbonyl (C=O) groups is 3. The van der Waals surface area contributed by atoms with Crippen molar-refractivity contribution in [1.82, 2.24) is 20.4 Å². The van der Waals surface area contributed by atoms with E-state index in [1.807, 2.05) is 6.92 Å². The minimum absolute atomic E-state index is 0.228. The van der Waals surface area contributed by atoms with Crippen LogP contribution < -0.4 is 10.6 Å². The first-order valence-corrected chi connectivity index (χ1v) is 5.67. The fraction of sp³-hybridized carbons (Fsp3) is 0.455. The Hall–Kier alpha value is -2.38. The molecule has 0 spiro atoms. The Morgan fingerprint density at radius 3 is 2.58 bits per heavy atom.